The maximum atomic E-state index is 13.2. The summed E-state index contributed by atoms with van der Waals surface area (Å²) < 4.78 is 14.9. The third-order valence-electron chi connectivity index (χ3n) is 5.13. The summed E-state index contributed by atoms with van der Waals surface area (Å²) >= 11 is 0. The van der Waals surface area contributed by atoms with Crippen LogP contribution in [0.1, 0.15) is 30.9 Å². The van der Waals surface area contributed by atoms with Gasteiger partial charge in [-0.05, 0) is 42.7 Å². The minimum atomic E-state index is -0.272. The van der Waals surface area contributed by atoms with Crippen LogP contribution in [0.4, 0.5) is 4.39 Å². The molecule has 0 radical (unpaired) electrons. The highest BCUT2D eigenvalue weighted by atomic mass is 19.1. The van der Waals surface area contributed by atoms with Crippen LogP contribution < -0.4 is 5.43 Å². The molecule has 6 heteroatoms. The Bertz CT molecular complexity index is 1030. The van der Waals surface area contributed by atoms with Gasteiger partial charge in [0.05, 0.1) is 24.3 Å². The van der Waals surface area contributed by atoms with Crippen molar-refractivity contribution in [1.82, 2.24) is 14.7 Å². The number of aromatic nitrogens is 2. The van der Waals surface area contributed by atoms with Gasteiger partial charge < -0.3 is 4.90 Å². The second-order valence-electron chi connectivity index (χ2n) is 6.80. The Balaban J connectivity index is 1.50. The van der Waals surface area contributed by atoms with Gasteiger partial charge in [-0.1, -0.05) is 24.3 Å². The maximum absolute atomic E-state index is 13.2. The first-order chi connectivity index (χ1) is 13.1. The maximum Gasteiger partial charge on any atom is 0.224 e. The van der Waals surface area contributed by atoms with Crippen molar-refractivity contribution in [3.63, 3.8) is 0 Å². The number of halogens is 1. The fourth-order valence-electron chi connectivity index (χ4n) is 3.78. The van der Waals surface area contributed by atoms with E-state index in [9.17, 15) is 14.0 Å². The van der Waals surface area contributed by atoms with Crippen LogP contribution in [0, 0.1) is 5.82 Å². The Morgan fingerprint density at radius 3 is 2.74 bits per heavy atom. The first-order valence-electron chi connectivity index (χ1n) is 9.13. The third kappa shape index (κ3) is 3.47. The highest BCUT2D eigenvalue weighted by molar-refractivity contribution is 5.79. The molecule has 0 aliphatic carbocycles. The van der Waals surface area contributed by atoms with Gasteiger partial charge in [0, 0.05) is 18.4 Å². The molecule has 5 nitrogen and oxygen atoms in total. The summed E-state index contributed by atoms with van der Waals surface area (Å²) in [5, 5.41) is 4.79. The first-order valence-corrected chi connectivity index (χ1v) is 9.13. The van der Waals surface area contributed by atoms with Gasteiger partial charge in [-0.15, -0.1) is 0 Å². The SMILES string of the molecule is O=C(CCn1ncc(=O)c2ccccc21)N1CCC[C@H]1c1ccc(F)cc1. The van der Waals surface area contributed by atoms with Gasteiger partial charge in [0.15, 0.2) is 0 Å². The molecule has 138 valence electrons. The number of carbonyl (C=O) groups is 1. The van der Waals surface area contributed by atoms with E-state index >= 15 is 0 Å². The number of rotatable bonds is 4. The lowest BCUT2D eigenvalue weighted by atomic mass is 10.0. The lowest BCUT2D eigenvalue weighted by Crippen LogP contribution is -2.31. The summed E-state index contributed by atoms with van der Waals surface area (Å²) in [5.74, 6) is -0.225. The molecule has 1 aliphatic rings. The standard InChI is InChI=1S/C21H20FN3O2/c22-16-9-7-15(8-10-16)18-6-3-12-24(18)21(27)11-13-25-19-5-2-1-4-17(19)20(26)14-23-25/h1-2,4-5,7-10,14,18H,3,6,11-13H2/t18-/m0/s1. The van der Waals surface area contributed by atoms with E-state index in [4.69, 9.17) is 0 Å². The van der Waals surface area contributed by atoms with E-state index in [0.717, 1.165) is 23.9 Å². The minimum Gasteiger partial charge on any atom is -0.336 e. The predicted molar refractivity (Wildman–Crippen MR) is 101 cm³/mol. The molecule has 0 spiro atoms. The number of amides is 1. The number of para-hydroxylation sites is 1. The number of benzene rings is 2. The molecule has 1 amide bonds. The highest BCUT2D eigenvalue weighted by Gasteiger charge is 2.29. The van der Waals surface area contributed by atoms with Crippen LogP contribution >= 0.6 is 0 Å². The molecule has 1 aliphatic heterocycles. The Morgan fingerprint density at radius 1 is 1.15 bits per heavy atom. The Morgan fingerprint density at radius 2 is 1.93 bits per heavy atom. The predicted octanol–water partition coefficient (Wildman–Crippen LogP) is 3.29. The van der Waals surface area contributed by atoms with Gasteiger partial charge in [-0.2, -0.15) is 5.10 Å². The van der Waals surface area contributed by atoms with Crippen molar-refractivity contribution in [2.45, 2.75) is 31.8 Å². The van der Waals surface area contributed by atoms with Gasteiger partial charge in [0.2, 0.25) is 11.3 Å². The van der Waals surface area contributed by atoms with Gasteiger partial charge in [-0.25, -0.2) is 4.39 Å². The lowest BCUT2D eigenvalue weighted by Gasteiger charge is -2.25. The molecule has 2 aromatic carbocycles. The highest BCUT2D eigenvalue weighted by Crippen LogP contribution is 2.32. The quantitative estimate of drug-likeness (QED) is 0.713. The van der Waals surface area contributed by atoms with E-state index in [1.54, 1.807) is 22.9 Å². The van der Waals surface area contributed by atoms with Gasteiger partial charge in [0.1, 0.15) is 5.82 Å². The zero-order chi connectivity index (χ0) is 18.8. The second kappa shape index (κ2) is 7.31. The van der Waals surface area contributed by atoms with Crippen molar-refractivity contribution in [2.24, 2.45) is 0 Å². The average Bonchev–Trinajstić information content (AvgIpc) is 3.18. The van der Waals surface area contributed by atoms with Crippen LogP contribution in [-0.4, -0.2) is 27.1 Å². The molecule has 0 N–H and O–H groups in total. The van der Waals surface area contributed by atoms with Gasteiger partial charge in [0.25, 0.3) is 0 Å². The van der Waals surface area contributed by atoms with Crippen molar-refractivity contribution < 1.29 is 9.18 Å². The van der Waals surface area contributed by atoms with Crippen LogP contribution in [0.15, 0.2) is 59.5 Å². The summed E-state index contributed by atoms with van der Waals surface area (Å²) in [5.41, 5.74) is 1.58. The molecule has 1 fully saturated rings. The number of aryl methyl sites for hydroxylation is 1. The number of nitrogens with zero attached hydrogens (tertiary/aromatic N) is 3. The van der Waals surface area contributed by atoms with Crippen LogP contribution in [0.5, 0.6) is 0 Å². The fraction of sp³-hybridized carbons (Fsp3) is 0.286. The summed E-state index contributed by atoms with van der Waals surface area (Å²) in [7, 11) is 0. The molecular formula is C21H20FN3O2. The van der Waals surface area contributed by atoms with E-state index in [2.05, 4.69) is 5.10 Å². The molecule has 4 rings (SSSR count). The monoisotopic (exact) mass is 365 g/mol. The molecule has 1 atom stereocenters. The molecule has 1 saturated heterocycles. The topological polar surface area (TPSA) is 55.2 Å². The lowest BCUT2D eigenvalue weighted by molar-refractivity contribution is -0.132. The van der Waals surface area contributed by atoms with Crippen LogP contribution in [0.3, 0.4) is 0 Å². The fourth-order valence-corrected chi connectivity index (χ4v) is 3.78. The van der Waals surface area contributed by atoms with Crippen molar-refractivity contribution >= 4 is 16.8 Å². The molecule has 3 aromatic rings. The Hall–Kier alpha value is -3.02. The van der Waals surface area contributed by atoms with Crippen molar-refractivity contribution in [3.05, 3.63) is 76.3 Å². The van der Waals surface area contributed by atoms with E-state index in [1.165, 1.54) is 18.3 Å². The van der Waals surface area contributed by atoms with Crippen molar-refractivity contribution in [1.29, 1.82) is 0 Å². The van der Waals surface area contributed by atoms with Crippen molar-refractivity contribution in [2.75, 3.05) is 6.54 Å². The second-order valence-corrected chi connectivity index (χ2v) is 6.80. The Labute approximate surface area is 156 Å². The molecule has 2 heterocycles. The average molecular weight is 365 g/mol. The largest absolute Gasteiger partial charge is 0.336 e. The molecule has 27 heavy (non-hydrogen) atoms. The van der Waals surface area contributed by atoms with E-state index in [0.29, 0.717) is 24.9 Å². The number of hydrogen-bond acceptors (Lipinski definition) is 3. The Kier molecular flexibility index (Phi) is 4.71. The summed E-state index contributed by atoms with van der Waals surface area (Å²) in [6.45, 7) is 1.12. The van der Waals surface area contributed by atoms with E-state index in [1.807, 2.05) is 23.1 Å². The first kappa shape index (κ1) is 17.4. The molecular weight excluding hydrogens is 345 g/mol. The minimum absolute atomic E-state index is 0.00294. The number of likely N-dealkylation sites (tertiary alicyclic amines) is 1. The summed E-state index contributed by atoms with van der Waals surface area (Å²) in [6, 6.07) is 13.7. The van der Waals surface area contributed by atoms with Crippen molar-refractivity contribution in [3.8, 4) is 0 Å². The zero-order valence-corrected chi connectivity index (χ0v) is 14.8. The molecule has 0 saturated carbocycles. The van der Waals surface area contributed by atoms with Crippen LogP contribution in [0.25, 0.3) is 10.9 Å². The normalized spacial score (nSPS) is 16.8. The van der Waals surface area contributed by atoms with Gasteiger partial charge in [-0.3, -0.25) is 14.3 Å². The van der Waals surface area contributed by atoms with E-state index < -0.39 is 0 Å². The van der Waals surface area contributed by atoms with Gasteiger partial charge >= 0.3 is 0 Å². The zero-order valence-electron chi connectivity index (χ0n) is 14.8. The molecule has 0 unspecified atom stereocenters. The third-order valence-corrected chi connectivity index (χ3v) is 5.13. The number of hydrogen-bond donors (Lipinski definition) is 0. The number of fused-ring (bicyclic) bond motifs is 1. The van der Waals surface area contributed by atoms with E-state index in [-0.39, 0.29) is 23.2 Å². The van der Waals surface area contributed by atoms with Crippen LogP contribution in [-0.2, 0) is 11.3 Å². The van der Waals surface area contributed by atoms with Crippen LogP contribution in [0.2, 0.25) is 0 Å². The smallest absolute Gasteiger partial charge is 0.224 e. The molecule has 0 bridgehead atoms. The summed E-state index contributed by atoms with van der Waals surface area (Å²) in [4.78, 5) is 26.6. The molecule has 1 aromatic heterocycles. The summed E-state index contributed by atoms with van der Waals surface area (Å²) in [6.07, 6.45) is 3.42. The number of carbonyl (C=O) groups excluding carboxylic acids is 1.